The van der Waals surface area contributed by atoms with Crippen LogP contribution in [-0.2, 0) is 16.0 Å². The van der Waals surface area contributed by atoms with Gasteiger partial charge in [-0.25, -0.2) is 4.98 Å². The van der Waals surface area contributed by atoms with E-state index in [1.54, 1.807) is 30.5 Å². The summed E-state index contributed by atoms with van der Waals surface area (Å²) in [5.74, 6) is -1.18. The summed E-state index contributed by atoms with van der Waals surface area (Å²) in [5, 5.41) is 5.39. The summed E-state index contributed by atoms with van der Waals surface area (Å²) in [4.78, 5) is 44.8. The van der Waals surface area contributed by atoms with Crippen molar-refractivity contribution in [1.82, 2.24) is 20.6 Å². The maximum Gasteiger partial charge on any atom is 0.243 e. The molecular formula is C21H29N6O3. The first-order valence-electron chi connectivity index (χ1n) is 9.89. The van der Waals surface area contributed by atoms with E-state index in [4.69, 9.17) is 11.5 Å². The van der Waals surface area contributed by atoms with Crippen molar-refractivity contribution in [3.05, 3.63) is 60.5 Å². The van der Waals surface area contributed by atoms with Crippen LogP contribution in [0.4, 0.5) is 0 Å². The van der Waals surface area contributed by atoms with Crippen LogP contribution in [0.2, 0.25) is 0 Å². The van der Waals surface area contributed by atoms with Gasteiger partial charge in [-0.2, -0.15) is 0 Å². The normalized spacial score (nSPS) is 12.8. The molecule has 0 unspecified atom stereocenters. The van der Waals surface area contributed by atoms with Crippen molar-refractivity contribution in [2.24, 2.45) is 11.5 Å². The fourth-order valence-electron chi connectivity index (χ4n) is 3.06. The van der Waals surface area contributed by atoms with E-state index in [2.05, 4.69) is 27.5 Å². The number of rotatable bonds is 12. The minimum Gasteiger partial charge on any atom is -0.351 e. The Morgan fingerprint density at radius 3 is 2.50 bits per heavy atom. The Hall–Kier alpha value is -3.04. The van der Waals surface area contributed by atoms with Crippen LogP contribution in [0.3, 0.4) is 0 Å². The Labute approximate surface area is 176 Å². The fraction of sp³-hybridized carbons (Fsp3) is 0.381. The molecule has 1 heterocycles. The van der Waals surface area contributed by atoms with Gasteiger partial charge in [0.05, 0.1) is 24.6 Å². The number of nitrogens with one attached hydrogen (secondary N) is 3. The molecule has 1 radical (unpaired) electrons. The van der Waals surface area contributed by atoms with Gasteiger partial charge in [0.25, 0.3) is 0 Å². The largest absolute Gasteiger partial charge is 0.351 e. The lowest BCUT2D eigenvalue weighted by atomic mass is 9.95. The van der Waals surface area contributed by atoms with Gasteiger partial charge < -0.3 is 27.1 Å². The summed E-state index contributed by atoms with van der Waals surface area (Å²) < 4.78 is 0. The Morgan fingerprint density at radius 2 is 1.87 bits per heavy atom. The predicted molar refractivity (Wildman–Crippen MR) is 113 cm³/mol. The predicted octanol–water partition coefficient (Wildman–Crippen LogP) is 0.0746. The van der Waals surface area contributed by atoms with Gasteiger partial charge in [-0.05, 0) is 38.3 Å². The molecule has 0 aliphatic rings. The lowest BCUT2D eigenvalue weighted by molar-refractivity contribution is -0.128. The van der Waals surface area contributed by atoms with Crippen molar-refractivity contribution in [2.45, 2.75) is 37.8 Å². The van der Waals surface area contributed by atoms with Crippen molar-refractivity contribution in [2.75, 3.05) is 13.1 Å². The number of hydrogen-bond acceptors (Lipinski definition) is 6. The Balaban J connectivity index is 2.19. The second-order valence-corrected chi connectivity index (χ2v) is 6.96. The summed E-state index contributed by atoms with van der Waals surface area (Å²) in [6.45, 7) is 4.14. The summed E-state index contributed by atoms with van der Waals surface area (Å²) >= 11 is 0. The SMILES string of the molecule is [CH2]c1ccccc1C(=O)[C@H](CCCCN)NC(=O)[C@H](Cc1c[nH]cn1)NC(=O)CN. The Kier molecular flexibility index (Phi) is 9.17. The lowest BCUT2D eigenvalue weighted by Gasteiger charge is -2.23. The molecule has 2 amide bonds. The van der Waals surface area contributed by atoms with E-state index in [0.29, 0.717) is 36.2 Å². The number of ketones is 1. The van der Waals surface area contributed by atoms with Gasteiger partial charge in [0.15, 0.2) is 5.78 Å². The topological polar surface area (TPSA) is 156 Å². The smallest absolute Gasteiger partial charge is 0.243 e. The number of carbonyl (C=O) groups is 3. The number of nitrogens with zero attached hydrogens (tertiary/aromatic N) is 1. The maximum absolute atomic E-state index is 13.1. The first kappa shape index (κ1) is 23.2. The van der Waals surface area contributed by atoms with E-state index in [-0.39, 0.29) is 18.7 Å². The minimum atomic E-state index is -0.913. The van der Waals surface area contributed by atoms with Crippen molar-refractivity contribution >= 4 is 17.6 Å². The van der Waals surface area contributed by atoms with Gasteiger partial charge >= 0.3 is 0 Å². The molecule has 30 heavy (non-hydrogen) atoms. The highest BCUT2D eigenvalue weighted by molar-refractivity contribution is 6.03. The Bertz CT molecular complexity index is 837. The molecule has 0 spiro atoms. The number of H-pyrrole nitrogens is 1. The number of aromatic amines is 1. The first-order chi connectivity index (χ1) is 14.5. The number of nitrogens with two attached hydrogens (primary N) is 2. The molecule has 1 aromatic carbocycles. The molecule has 9 heteroatoms. The lowest BCUT2D eigenvalue weighted by Crippen LogP contribution is -2.53. The summed E-state index contributed by atoms with van der Waals surface area (Å²) in [6, 6.07) is 5.30. The summed E-state index contributed by atoms with van der Waals surface area (Å²) in [6.07, 6.45) is 5.11. The van der Waals surface area contributed by atoms with Crippen LogP contribution in [0.25, 0.3) is 0 Å². The molecule has 1 aromatic heterocycles. The number of aromatic nitrogens is 2. The number of imidazole rings is 1. The highest BCUT2D eigenvalue weighted by Crippen LogP contribution is 2.14. The summed E-state index contributed by atoms with van der Waals surface area (Å²) in [5.41, 5.74) is 12.6. The highest BCUT2D eigenvalue weighted by Gasteiger charge is 2.28. The van der Waals surface area contributed by atoms with E-state index >= 15 is 0 Å². The van der Waals surface area contributed by atoms with Crippen LogP contribution < -0.4 is 22.1 Å². The maximum atomic E-state index is 13.1. The number of Topliss-reactive ketones (excluding diaryl/α,β-unsaturated/α-hetero) is 1. The number of unbranched alkanes of at least 4 members (excludes halogenated alkanes) is 1. The molecule has 0 bridgehead atoms. The third-order valence-corrected chi connectivity index (χ3v) is 4.67. The number of amides is 2. The van der Waals surface area contributed by atoms with E-state index < -0.39 is 23.9 Å². The number of benzene rings is 1. The molecule has 2 atom stereocenters. The zero-order chi connectivity index (χ0) is 21.9. The molecule has 0 aliphatic carbocycles. The quantitative estimate of drug-likeness (QED) is 0.245. The van der Waals surface area contributed by atoms with Crippen molar-refractivity contribution in [1.29, 1.82) is 0 Å². The second-order valence-electron chi connectivity index (χ2n) is 6.96. The highest BCUT2D eigenvalue weighted by atomic mass is 16.2. The molecule has 0 saturated heterocycles. The minimum absolute atomic E-state index is 0.163. The molecule has 0 fully saturated rings. The molecule has 0 saturated carbocycles. The van der Waals surface area contributed by atoms with Crippen LogP contribution >= 0.6 is 0 Å². The van der Waals surface area contributed by atoms with Gasteiger partial charge in [-0.15, -0.1) is 0 Å². The summed E-state index contributed by atoms with van der Waals surface area (Å²) in [7, 11) is 0. The molecule has 161 valence electrons. The average molecular weight is 414 g/mol. The van der Waals surface area contributed by atoms with Crippen molar-refractivity contribution < 1.29 is 14.4 Å². The van der Waals surface area contributed by atoms with E-state index in [9.17, 15) is 14.4 Å². The Morgan fingerprint density at radius 1 is 1.10 bits per heavy atom. The van der Waals surface area contributed by atoms with Gasteiger partial charge in [-0.1, -0.05) is 24.3 Å². The molecule has 2 aromatic rings. The van der Waals surface area contributed by atoms with E-state index in [1.165, 1.54) is 6.33 Å². The zero-order valence-electron chi connectivity index (χ0n) is 16.9. The van der Waals surface area contributed by atoms with Gasteiger partial charge in [-0.3, -0.25) is 14.4 Å². The molecule has 9 nitrogen and oxygen atoms in total. The van der Waals surface area contributed by atoms with Gasteiger partial charge in [0, 0.05) is 18.2 Å². The molecule has 7 N–H and O–H groups in total. The number of carbonyl (C=O) groups excluding carboxylic acids is 3. The van der Waals surface area contributed by atoms with Crippen LogP contribution in [0, 0.1) is 6.92 Å². The number of hydrogen-bond donors (Lipinski definition) is 5. The monoisotopic (exact) mass is 413 g/mol. The van der Waals surface area contributed by atoms with Crippen molar-refractivity contribution in [3.63, 3.8) is 0 Å². The van der Waals surface area contributed by atoms with E-state index in [0.717, 1.165) is 6.42 Å². The van der Waals surface area contributed by atoms with Crippen molar-refractivity contribution in [3.8, 4) is 0 Å². The average Bonchev–Trinajstić information content (AvgIpc) is 3.25. The molecule has 2 rings (SSSR count). The standard InChI is InChI=1S/C21H29N6O3/c1-14-6-2-3-7-16(14)20(29)17(8-4-5-9-22)27-21(30)18(26-19(28)11-23)10-15-12-24-13-25-15/h2-3,6-7,12-13,17-18H,1,4-5,8-11,22-23H2,(H,24,25)(H,26,28)(H,27,30)/t17-,18-/m0/s1. The van der Waals surface area contributed by atoms with Gasteiger partial charge in [0.1, 0.15) is 6.04 Å². The van der Waals surface area contributed by atoms with E-state index in [1.807, 2.05) is 0 Å². The zero-order valence-corrected chi connectivity index (χ0v) is 16.9. The molecular weight excluding hydrogens is 384 g/mol. The van der Waals surface area contributed by atoms with Crippen LogP contribution in [-0.4, -0.2) is 52.7 Å². The van der Waals surface area contributed by atoms with Crippen LogP contribution in [0.5, 0.6) is 0 Å². The third kappa shape index (κ3) is 6.78. The fourth-order valence-corrected chi connectivity index (χ4v) is 3.06. The molecule has 0 aliphatic heterocycles. The third-order valence-electron chi connectivity index (χ3n) is 4.67. The van der Waals surface area contributed by atoms with Crippen LogP contribution in [0.15, 0.2) is 36.8 Å². The first-order valence-corrected chi connectivity index (χ1v) is 9.89. The van der Waals surface area contributed by atoms with Crippen LogP contribution in [0.1, 0.15) is 40.9 Å². The second kappa shape index (κ2) is 11.8. The van der Waals surface area contributed by atoms with Gasteiger partial charge in [0.2, 0.25) is 11.8 Å².